The minimum absolute atomic E-state index is 0.0922. The molecular weight excluding hydrogens is 197 g/mol. The molecule has 1 rings (SSSR count). The highest BCUT2D eigenvalue weighted by atomic mass is 35.5. The highest BCUT2D eigenvalue weighted by Gasteiger charge is 1.99. The van der Waals surface area contributed by atoms with Gasteiger partial charge in [-0.2, -0.15) is 0 Å². The maximum absolute atomic E-state index is 5.57. The van der Waals surface area contributed by atoms with Crippen molar-refractivity contribution >= 4 is 28.9 Å². The first-order valence-electron chi connectivity index (χ1n) is 3.22. The van der Waals surface area contributed by atoms with E-state index in [4.69, 9.17) is 33.7 Å². The van der Waals surface area contributed by atoms with Gasteiger partial charge in [0.15, 0.2) is 5.75 Å². The van der Waals surface area contributed by atoms with Crippen molar-refractivity contribution in [3.05, 3.63) is 35.0 Å². The molecule has 0 aliphatic carbocycles. The summed E-state index contributed by atoms with van der Waals surface area (Å²) in [5.41, 5.74) is 7.22. The SMILES string of the molecule is Nc1ccccc1OC(Cl)=CCl. The Hall–Kier alpha value is -0.860. The zero-order valence-electron chi connectivity index (χ0n) is 6.13. The molecule has 4 heteroatoms. The van der Waals surface area contributed by atoms with Crippen LogP contribution in [-0.4, -0.2) is 0 Å². The van der Waals surface area contributed by atoms with Gasteiger partial charge in [0.2, 0.25) is 5.22 Å². The van der Waals surface area contributed by atoms with Gasteiger partial charge in [0.05, 0.1) is 11.2 Å². The van der Waals surface area contributed by atoms with E-state index in [1.807, 2.05) is 0 Å². The largest absolute Gasteiger partial charge is 0.442 e. The van der Waals surface area contributed by atoms with Crippen molar-refractivity contribution in [1.29, 1.82) is 0 Å². The molecule has 0 amide bonds. The predicted molar refractivity (Wildman–Crippen MR) is 51.3 cm³/mol. The van der Waals surface area contributed by atoms with Gasteiger partial charge in [-0.25, -0.2) is 0 Å². The summed E-state index contributed by atoms with van der Waals surface area (Å²) in [6.45, 7) is 0. The number of anilines is 1. The number of rotatable bonds is 2. The van der Waals surface area contributed by atoms with Gasteiger partial charge in [-0.05, 0) is 23.7 Å². The van der Waals surface area contributed by atoms with E-state index in [-0.39, 0.29) is 5.22 Å². The molecule has 0 spiro atoms. The number of benzene rings is 1. The molecule has 12 heavy (non-hydrogen) atoms. The van der Waals surface area contributed by atoms with Crippen molar-refractivity contribution in [2.24, 2.45) is 0 Å². The summed E-state index contributed by atoms with van der Waals surface area (Å²) in [7, 11) is 0. The maximum atomic E-state index is 5.57. The van der Waals surface area contributed by atoms with Crippen LogP contribution in [-0.2, 0) is 0 Å². The molecule has 0 aromatic heterocycles. The molecule has 2 nitrogen and oxygen atoms in total. The molecular formula is C8H7Cl2NO. The maximum Gasteiger partial charge on any atom is 0.205 e. The van der Waals surface area contributed by atoms with Gasteiger partial charge in [-0.15, -0.1) is 0 Å². The van der Waals surface area contributed by atoms with E-state index in [2.05, 4.69) is 0 Å². The molecule has 64 valence electrons. The minimum atomic E-state index is 0.0922. The van der Waals surface area contributed by atoms with Crippen LogP contribution in [0.4, 0.5) is 5.69 Å². The monoisotopic (exact) mass is 203 g/mol. The molecule has 0 bridgehead atoms. The fraction of sp³-hybridized carbons (Fsp3) is 0. The van der Waals surface area contributed by atoms with Crippen LogP contribution in [0.2, 0.25) is 0 Å². The van der Waals surface area contributed by atoms with Crippen LogP contribution in [0.5, 0.6) is 5.75 Å². The van der Waals surface area contributed by atoms with Crippen molar-refractivity contribution in [3.8, 4) is 5.75 Å². The summed E-state index contributed by atoms with van der Waals surface area (Å²) in [5, 5.41) is 0.0922. The van der Waals surface area contributed by atoms with Crippen LogP contribution in [0, 0.1) is 0 Å². The van der Waals surface area contributed by atoms with Crippen molar-refractivity contribution in [2.75, 3.05) is 5.73 Å². The molecule has 0 atom stereocenters. The van der Waals surface area contributed by atoms with Crippen molar-refractivity contribution in [1.82, 2.24) is 0 Å². The third kappa shape index (κ3) is 2.32. The van der Waals surface area contributed by atoms with Gasteiger partial charge in [0, 0.05) is 0 Å². The highest BCUT2D eigenvalue weighted by molar-refractivity contribution is 6.35. The van der Waals surface area contributed by atoms with Gasteiger partial charge in [0.1, 0.15) is 0 Å². The average Bonchev–Trinajstić information content (AvgIpc) is 2.09. The van der Waals surface area contributed by atoms with Gasteiger partial charge < -0.3 is 10.5 Å². The van der Waals surface area contributed by atoms with E-state index in [1.54, 1.807) is 24.3 Å². The Balaban J connectivity index is 2.82. The topological polar surface area (TPSA) is 35.2 Å². The van der Waals surface area contributed by atoms with E-state index < -0.39 is 0 Å². The van der Waals surface area contributed by atoms with Crippen molar-refractivity contribution in [2.45, 2.75) is 0 Å². The van der Waals surface area contributed by atoms with E-state index >= 15 is 0 Å². The van der Waals surface area contributed by atoms with Gasteiger partial charge in [-0.1, -0.05) is 23.7 Å². The van der Waals surface area contributed by atoms with Gasteiger partial charge in [0.25, 0.3) is 0 Å². The van der Waals surface area contributed by atoms with Gasteiger partial charge in [-0.3, -0.25) is 0 Å². The lowest BCUT2D eigenvalue weighted by Crippen LogP contribution is -1.93. The minimum Gasteiger partial charge on any atom is -0.442 e. The summed E-state index contributed by atoms with van der Waals surface area (Å²) in [5.74, 6) is 0.499. The fourth-order valence-electron chi connectivity index (χ4n) is 0.701. The van der Waals surface area contributed by atoms with E-state index in [9.17, 15) is 0 Å². The van der Waals surface area contributed by atoms with Crippen LogP contribution in [0.1, 0.15) is 0 Å². The second-order valence-corrected chi connectivity index (χ2v) is 2.64. The molecule has 0 fully saturated rings. The third-order valence-corrected chi connectivity index (χ3v) is 1.71. The van der Waals surface area contributed by atoms with Crippen molar-refractivity contribution in [3.63, 3.8) is 0 Å². The number of nitrogens with two attached hydrogens (primary N) is 1. The normalized spacial score (nSPS) is 11.3. The fourth-order valence-corrected chi connectivity index (χ4v) is 0.828. The first-order chi connectivity index (χ1) is 5.74. The summed E-state index contributed by atoms with van der Waals surface area (Å²) in [4.78, 5) is 0. The summed E-state index contributed by atoms with van der Waals surface area (Å²) < 4.78 is 5.06. The number of para-hydroxylation sites is 2. The molecule has 0 unspecified atom stereocenters. The molecule has 0 aliphatic rings. The number of halogens is 2. The van der Waals surface area contributed by atoms with Crippen LogP contribution in [0.3, 0.4) is 0 Å². The average molecular weight is 204 g/mol. The van der Waals surface area contributed by atoms with Gasteiger partial charge >= 0.3 is 0 Å². The van der Waals surface area contributed by atoms with E-state index in [1.165, 1.54) is 0 Å². The zero-order valence-corrected chi connectivity index (χ0v) is 7.64. The Labute approximate surface area is 80.5 Å². The highest BCUT2D eigenvalue weighted by Crippen LogP contribution is 2.23. The molecule has 1 aromatic carbocycles. The molecule has 0 saturated heterocycles. The Bertz CT molecular complexity index is 299. The lowest BCUT2D eigenvalue weighted by atomic mass is 10.3. The Kier molecular flexibility index (Phi) is 3.26. The quantitative estimate of drug-likeness (QED) is 0.593. The second-order valence-electron chi connectivity index (χ2n) is 2.05. The van der Waals surface area contributed by atoms with Crippen LogP contribution in [0.15, 0.2) is 35.0 Å². The Morgan fingerprint density at radius 2 is 2.08 bits per heavy atom. The first-order valence-corrected chi connectivity index (χ1v) is 4.03. The first kappa shape index (κ1) is 9.23. The molecule has 0 heterocycles. The summed E-state index contributed by atoms with van der Waals surface area (Å²) >= 11 is 10.8. The third-order valence-electron chi connectivity index (χ3n) is 1.21. The Morgan fingerprint density at radius 3 is 2.67 bits per heavy atom. The van der Waals surface area contributed by atoms with Crippen LogP contribution in [0.25, 0.3) is 0 Å². The lowest BCUT2D eigenvalue weighted by molar-refractivity contribution is 0.466. The standard InChI is InChI=1S/C8H7Cl2NO/c9-5-8(10)12-7-4-2-1-3-6(7)11/h1-5H,11H2. The molecule has 0 aliphatic heterocycles. The van der Waals surface area contributed by atoms with E-state index in [0.717, 1.165) is 5.54 Å². The number of hydrogen-bond donors (Lipinski definition) is 1. The smallest absolute Gasteiger partial charge is 0.205 e. The number of hydrogen-bond acceptors (Lipinski definition) is 2. The van der Waals surface area contributed by atoms with Crippen LogP contribution < -0.4 is 10.5 Å². The molecule has 0 saturated carbocycles. The molecule has 2 N–H and O–H groups in total. The predicted octanol–water partition coefficient (Wildman–Crippen LogP) is 2.92. The molecule has 1 aromatic rings. The Morgan fingerprint density at radius 1 is 1.42 bits per heavy atom. The number of ether oxygens (including phenoxy) is 1. The van der Waals surface area contributed by atoms with Crippen molar-refractivity contribution < 1.29 is 4.74 Å². The summed E-state index contributed by atoms with van der Waals surface area (Å²) in [6, 6.07) is 7.02. The van der Waals surface area contributed by atoms with E-state index in [0.29, 0.717) is 11.4 Å². The molecule has 0 radical (unpaired) electrons. The number of nitrogen functional groups attached to an aromatic ring is 1. The van der Waals surface area contributed by atoms with Crippen LogP contribution >= 0.6 is 23.2 Å². The zero-order chi connectivity index (χ0) is 8.97. The summed E-state index contributed by atoms with van der Waals surface area (Å²) in [6.07, 6.45) is 0. The lowest BCUT2D eigenvalue weighted by Gasteiger charge is -2.04. The second kappa shape index (κ2) is 4.24.